The summed E-state index contributed by atoms with van der Waals surface area (Å²) < 4.78 is 4.85. The lowest BCUT2D eigenvalue weighted by Gasteiger charge is -2.36. The first-order valence-corrected chi connectivity index (χ1v) is 10.1. The fourth-order valence-corrected chi connectivity index (χ4v) is 4.49. The molecular formula is C24H24N2O5. The van der Waals surface area contributed by atoms with Gasteiger partial charge in [0.25, 0.3) is 11.8 Å². The molecule has 2 aromatic carbocycles. The molecule has 2 unspecified atom stereocenters. The summed E-state index contributed by atoms with van der Waals surface area (Å²) in [5, 5.41) is 2.25. The van der Waals surface area contributed by atoms with Crippen molar-refractivity contribution in [2.24, 2.45) is 5.92 Å². The normalized spacial score (nSPS) is 22.6. The van der Waals surface area contributed by atoms with Crippen LogP contribution in [-0.2, 0) is 36.6 Å². The molecule has 3 amide bonds. The highest BCUT2D eigenvalue weighted by Gasteiger charge is 2.68. The van der Waals surface area contributed by atoms with Gasteiger partial charge in [-0.25, -0.2) is 0 Å². The molecule has 2 atom stereocenters. The van der Waals surface area contributed by atoms with E-state index in [2.05, 4.69) is 26.1 Å². The van der Waals surface area contributed by atoms with Crippen LogP contribution in [0.4, 0.5) is 0 Å². The van der Waals surface area contributed by atoms with E-state index in [0.29, 0.717) is 11.1 Å². The van der Waals surface area contributed by atoms with Crippen LogP contribution in [-0.4, -0.2) is 35.7 Å². The van der Waals surface area contributed by atoms with Crippen molar-refractivity contribution in [2.45, 2.75) is 38.3 Å². The number of fused-ring (bicyclic) bond motifs is 2. The zero-order chi connectivity index (χ0) is 22.6. The van der Waals surface area contributed by atoms with Crippen molar-refractivity contribution in [2.75, 3.05) is 7.11 Å². The number of benzene rings is 2. The lowest BCUT2D eigenvalue weighted by Crippen LogP contribution is -2.54. The second kappa shape index (κ2) is 7.04. The molecule has 160 valence electrons. The van der Waals surface area contributed by atoms with E-state index in [0.717, 1.165) is 18.2 Å². The lowest BCUT2D eigenvalue weighted by atomic mass is 9.79. The number of carbonyl (C=O) groups is 4. The number of imide groups is 1. The minimum Gasteiger partial charge on any atom is -0.468 e. The van der Waals surface area contributed by atoms with Crippen LogP contribution >= 0.6 is 0 Å². The van der Waals surface area contributed by atoms with Crippen LogP contribution in [0.3, 0.4) is 0 Å². The van der Waals surface area contributed by atoms with Crippen LogP contribution in [0.25, 0.3) is 0 Å². The molecule has 1 spiro atoms. The van der Waals surface area contributed by atoms with E-state index in [4.69, 9.17) is 4.74 Å². The fourth-order valence-electron chi connectivity index (χ4n) is 4.49. The number of hydrogen-bond acceptors (Lipinski definition) is 5. The SMILES string of the molecule is COC(=O)C1C(=O)NC(=O)C12c1ccccc1C(=O)N2Cc1ccc(C(C)(C)C)cc1. The smallest absolute Gasteiger partial charge is 0.321 e. The molecule has 0 aromatic heterocycles. The molecule has 7 nitrogen and oxygen atoms in total. The molecular weight excluding hydrogens is 396 g/mol. The number of ether oxygens (including phenoxy) is 1. The van der Waals surface area contributed by atoms with Crippen molar-refractivity contribution in [3.05, 3.63) is 70.8 Å². The largest absolute Gasteiger partial charge is 0.468 e. The predicted molar refractivity (Wildman–Crippen MR) is 112 cm³/mol. The quantitative estimate of drug-likeness (QED) is 0.467. The standard InChI is InChI=1S/C24H24N2O5/c1-23(2,3)15-11-9-14(10-12-15)13-26-20(28)16-7-5-6-8-17(16)24(26)18(21(29)31-4)19(27)25-22(24)30/h5-12,18H,13H2,1-4H3,(H,25,27,30). The van der Waals surface area contributed by atoms with Gasteiger partial charge >= 0.3 is 5.97 Å². The van der Waals surface area contributed by atoms with Crippen LogP contribution < -0.4 is 5.32 Å². The van der Waals surface area contributed by atoms with E-state index in [9.17, 15) is 19.2 Å². The number of nitrogens with one attached hydrogen (secondary N) is 1. The molecule has 1 fully saturated rings. The molecule has 4 rings (SSSR count). The van der Waals surface area contributed by atoms with Gasteiger partial charge in [0.15, 0.2) is 11.5 Å². The Hall–Kier alpha value is -3.48. The molecule has 2 aliphatic rings. The molecule has 1 saturated heterocycles. The van der Waals surface area contributed by atoms with Crippen LogP contribution in [0.15, 0.2) is 48.5 Å². The summed E-state index contributed by atoms with van der Waals surface area (Å²) in [5.74, 6) is -4.21. The maximum atomic E-state index is 13.4. The highest BCUT2D eigenvalue weighted by molar-refractivity contribution is 6.22. The fraction of sp³-hybridized carbons (Fsp3) is 0.333. The first-order chi connectivity index (χ1) is 14.6. The summed E-state index contributed by atoms with van der Waals surface area (Å²) in [4.78, 5) is 53.2. The summed E-state index contributed by atoms with van der Waals surface area (Å²) in [5.41, 5.74) is 0.735. The van der Waals surface area contributed by atoms with E-state index in [1.165, 1.54) is 4.90 Å². The zero-order valence-electron chi connectivity index (χ0n) is 17.9. The van der Waals surface area contributed by atoms with Crippen molar-refractivity contribution in [1.29, 1.82) is 0 Å². The molecule has 0 aliphatic carbocycles. The van der Waals surface area contributed by atoms with Gasteiger partial charge in [-0.2, -0.15) is 0 Å². The van der Waals surface area contributed by atoms with Crippen molar-refractivity contribution in [3.8, 4) is 0 Å². The third kappa shape index (κ3) is 2.95. The van der Waals surface area contributed by atoms with Gasteiger partial charge in [-0.15, -0.1) is 0 Å². The van der Waals surface area contributed by atoms with Crippen LogP contribution in [0, 0.1) is 5.92 Å². The van der Waals surface area contributed by atoms with Gasteiger partial charge in [-0.1, -0.05) is 63.2 Å². The Balaban J connectivity index is 1.85. The second-order valence-corrected chi connectivity index (χ2v) is 8.92. The molecule has 0 saturated carbocycles. The van der Waals surface area contributed by atoms with E-state index >= 15 is 0 Å². The Kier molecular flexibility index (Phi) is 4.72. The van der Waals surface area contributed by atoms with E-state index < -0.39 is 35.1 Å². The average Bonchev–Trinajstić information content (AvgIpc) is 3.13. The van der Waals surface area contributed by atoms with Crippen LogP contribution in [0.1, 0.15) is 47.8 Å². The first kappa shape index (κ1) is 20.8. The molecule has 7 heteroatoms. The van der Waals surface area contributed by atoms with Crippen molar-refractivity contribution in [1.82, 2.24) is 10.2 Å². The second-order valence-electron chi connectivity index (χ2n) is 8.92. The summed E-state index contributed by atoms with van der Waals surface area (Å²) in [6, 6.07) is 14.3. The Morgan fingerprint density at radius 3 is 2.32 bits per heavy atom. The van der Waals surface area contributed by atoms with Gasteiger partial charge in [0.2, 0.25) is 5.91 Å². The third-order valence-electron chi connectivity index (χ3n) is 6.10. The average molecular weight is 420 g/mol. The monoisotopic (exact) mass is 420 g/mol. The van der Waals surface area contributed by atoms with Gasteiger partial charge in [-0.3, -0.25) is 24.5 Å². The first-order valence-electron chi connectivity index (χ1n) is 10.1. The van der Waals surface area contributed by atoms with Crippen molar-refractivity contribution in [3.63, 3.8) is 0 Å². The lowest BCUT2D eigenvalue weighted by molar-refractivity contribution is -0.155. The topological polar surface area (TPSA) is 92.8 Å². The van der Waals surface area contributed by atoms with Crippen LogP contribution in [0.5, 0.6) is 0 Å². The number of methoxy groups -OCH3 is 1. The molecule has 31 heavy (non-hydrogen) atoms. The molecule has 2 aromatic rings. The summed E-state index contributed by atoms with van der Waals surface area (Å²) >= 11 is 0. The predicted octanol–water partition coefficient (Wildman–Crippen LogP) is 2.28. The molecule has 1 N–H and O–H groups in total. The Morgan fingerprint density at radius 1 is 1.06 bits per heavy atom. The maximum Gasteiger partial charge on any atom is 0.321 e. The Bertz CT molecular complexity index is 1100. The number of amides is 3. The van der Waals surface area contributed by atoms with Gasteiger partial charge in [0, 0.05) is 17.7 Å². The van der Waals surface area contributed by atoms with Crippen LogP contribution in [0.2, 0.25) is 0 Å². The van der Waals surface area contributed by atoms with E-state index in [1.54, 1.807) is 24.3 Å². The highest BCUT2D eigenvalue weighted by atomic mass is 16.5. The molecule has 0 radical (unpaired) electrons. The van der Waals surface area contributed by atoms with E-state index in [-0.39, 0.29) is 12.0 Å². The molecule has 2 heterocycles. The number of hydrogen-bond donors (Lipinski definition) is 1. The number of carbonyl (C=O) groups excluding carboxylic acids is 4. The van der Waals surface area contributed by atoms with Crippen molar-refractivity contribution >= 4 is 23.7 Å². The third-order valence-corrected chi connectivity index (χ3v) is 6.10. The van der Waals surface area contributed by atoms with Gasteiger partial charge in [-0.05, 0) is 22.6 Å². The zero-order valence-corrected chi connectivity index (χ0v) is 17.9. The Labute approximate surface area is 180 Å². The van der Waals surface area contributed by atoms with Gasteiger partial charge in [0.1, 0.15) is 0 Å². The highest BCUT2D eigenvalue weighted by Crippen LogP contribution is 2.48. The van der Waals surface area contributed by atoms with Crippen molar-refractivity contribution < 1.29 is 23.9 Å². The van der Waals surface area contributed by atoms with E-state index in [1.807, 2.05) is 24.3 Å². The summed E-state index contributed by atoms with van der Waals surface area (Å²) in [6.45, 7) is 6.37. The summed E-state index contributed by atoms with van der Waals surface area (Å²) in [7, 11) is 1.16. The summed E-state index contributed by atoms with van der Waals surface area (Å²) in [6.07, 6.45) is 0. The minimum absolute atomic E-state index is 0.0345. The number of nitrogens with zero attached hydrogens (tertiary/aromatic N) is 1. The Morgan fingerprint density at radius 2 is 1.71 bits per heavy atom. The number of rotatable bonds is 3. The minimum atomic E-state index is -1.78. The maximum absolute atomic E-state index is 13.4. The number of esters is 1. The molecule has 0 bridgehead atoms. The van der Waals surface area contributed by atoms with Gasteiger partial charge in [0.05, 0.1) is 7.11 Å². The molecule has 2 aliphatic heterocycles. The van der Waals surface area contributed by atoms with Gasteiger partial charge < -0.3 is 9.64 Å².